The highest BCUT2D eigenvalue weighted by molar-refractivity contribution is 5.72. The fourth-order valence-electron chi connectivity index (χ4n) is 3.44. The Morgan fingerprint density at radius 2 is 2.14 bits per heavy atom. The summed E-state index contributed by atoms with van der Waals surface area (Å²) in [7, 11) is 0. The van der Waals surface area contributed by atoms with Crippen LogP contribution in [0.5, 0.6) is 0 Å². The van der Waals surface area contributed by atoms with E-state index in [0.717, 1.165) is 32.4 Å². The van der Waals surface area contributed by atoms with Crippen LogP contribution in [0.25, 0.3) is 0 Å². The normalized spacial score (nSPS) is 29.1. The fourth-order valence-corrected chi connectivity index (χ4v) is 3.44. The molecule has 0 saturated carbocycles. The van der Waals surface area contributed by atoms with Gasteiger partial charge < -0.3 is 9.47 Å². The topological polar surface area (TPSA) is 38.8 Å². The standard InChI is InChI=1S/C17H23NO3/c1-2-20-17(19)14-10-15-8-9-21-16(11-14)18(15)12-13-6-4-3-5-7-13/h3-7,14-16H,2,8-12H2,1H3/t14?,15-,16+/m0/s1. The van der Waals surface area contributed by atoms with Gasteiger partial charge in [-0.1, -0.05) is 30.3 Å². The maximum atomic E-state index is 12.0. The second kappa shape index (κ2) is 6.58. The molecule has 2 heterocycles. The molecule has 1 aromatic rings. The quantitative estimate of drug-likeness (QED) is 0.799. The summed E-state index contributed by atoms with van der Waals surface area (Å²) in [5.41, 5.74) is 1.30. The maximum Gasteiger partial charge on any atom is 0.309 e. The molecule has 114 valence electrons. The summed E-state index contributed by atoms with van der Waals surface area (Å²) in [5, 5.41) is 0. The van der Waals surface area contributed by atoms with Crippen molar-refractivity contribution in [3.05, 3.63) is 35.9 Å². The van der Waals surface area contributed by atoms with Gasteiger partial charge >= 0.3 is 5.97 Å². The van der Waals surface area contributed by atoms with Gasteiger partial charge in [0, 0.05) is 19.0 Å². The molecule has 3 rings (SSSR count). The van der Waals surface area contributed by atoms with E-state index in [1.165, 1.54) is 5.56 Å². The predicted octanol–water partition coefficient (Wildman–Crippen LogP) is 2.58. The Morgan fingerprint density at radius 3 is 2.86 bits per heavy atom. The zero-order valence-electron chi connectivity index (χ0n) is 12.5. The molecule has 21 heavy (non-hydrogen) atoms. The molecule has 1 unspecified atom stereocenters. The van der Waals surface area contributed by atoms with Gasteiger partial charge in [0.2, 0.25) is 0 Å². The Kier molecular flexibility index (Phi) is 4.56. The Balaban J connectivity index is 1.69. The first-order valence-electron chi connectivity index (χ1n) is 7.86. The van der Waals surface area contributed by atoms with Crippen molar-refractivity contribution in [2.45, 2.75) is 45.0 Å². The van der Waals surface area contributed by atoms with Crippen LogP contribution in [0, 0.1) is 5.92 Å². The molecule has 0 N–H and O–H groups in total. The molecule has 0 aromatic heterocycles. The first-order chi connectivity index (χ1) is 10.3. The molecule has 0 radical (unpaired) electrons. The fraction of sp³-hybridized carbons (Fsp3) is 0.588. The van der Waals surface area contributed by atoms with Gasteiger partial charge in [-0.15, -0.1) is 0 Å². The van der Waals surface area contributed by atoms with Crippen LogP contribution >= 0.6 is 0 Å². The highest BCUT2D eigenvalue weighted by atomic mass is 16.5. The maximum absolute atomic E-state index is 12.0. The number of benzene rings is 1. The minimum Gasteiger partial charge on any atom is -0.466 e. The Labute approximate surface area is 126 Å². The molecule has 1 aromatic carbocycles. The van der Waals surface area contributed by atoms with E-state index in [4.69, 9.17) is 9.47 Å². The van der Waals surface area contributed by atoms with Crippen LogP contribution < -0.4 is 0 Å². The average molecular weight is 289 g/mol. The highest BCUT2D eigenvalue weighted by Gasteiger charge is 2.41. The summed E-state index contributed by atoms with van der Waals surface area (Å²) in [5.74, 6) is -0.0652. The Bertz CT molecular complexity index is 462. The van der Waals surface area contributed by atoms with Crippen LogP contribution in [0.1, 0.15) is 31.7 Å². The van der Waals surface area contributed by atoms with Crippen molar-refractivity contribution >= 4 is 5.97 Å². The first-order valence-corrected chi connectivity index (χ1v) is 7.86. The van der Waals surface area contributed by atoms with Gasteiger partial charge in [0.25, 0.3) is 0 Å². The lowest BCUT2D eigenvalue weighted by atomic mass is 9.86. The average Bonchev–Trinajstić information content (AvgIpc) is 2.48. The van der Waals surface area contributed by atoms with E-state index in [-0.39, 0.29) is 18.1 Å². The molecule has 0 amide bonds. The molecule has 2 saturated heterocycles. The molecule has 2 aliphatic rings. The zero-order chi connectivity index (χ0) is 14.7. The summed E-state index contributed by atoms with van der Waals surface area (Å²) in [6.45, 7) is 4.01. The van der Waals surface area contributed by atoms with Gasteiger partial charge in [-0.25, -0.2) is 0 Å². The molecule has 2 bridgehead atoms. The molecule has 3 atom stereocenters. The molecule has 0 spiro atoms. The van der Waals surface area contributed by atoms with E-state index < -0.39 is 0 Å². The van der Waals surface area contributed by atoms with Crippen LogP contribution in [0.2, 0.25) is 0 Å². The van der Waals surface area contributed by atoms with Gasteiger partial charge in [-0.3, -0.25) is 9.69 Å². The molecule has 4 heteroatoms. The van der Waals surface area contributed by atoms with Crippen molar-refractivity contribution in [2.24, 2.45) is 5.92 Å². The van der Waals surface area contributed by atoms with E-state index in [9.17, 15) is 4.79 Å². The number of rotatable bonds is 4. The second-order valence-electron chi connectivity index (χ2n) is 5.85. The predicted molar refractivity (Wildman–Crippen MR) is 79.5 cm³/mol. The van der Waals surface area contributed by atoms with Crippen LogP contribution in [-0.2, 0) is 20.8 Å². The number of fused-ring (bicyclic) bond motifs is 2. The third kappa shape index (κ3) is 3.27. The van der Waals surface area contributed by atoms with Crippen LogP contribution in [0.3, 0.4) is 0 Å². The van der Waals surface area contributed by atoms with Crippen LogP contribution in [-0.4, -0.2) is 36.4 Å². The number of ether oxygens (including phenoxy) is 2. The van der Waals surface area contributed by atoms with E-state index in [2.05, 4.69) is 29.2 Å². The smallest absolute Gasteiger partial charge is 0.309 e. The minimum atomic E-state index is -0.0580. The lowest BCUT2D eigenvalue weighted by Crippen LogP contribution is -2.55. The van der Waals surface area contributed by atoms with Crippen molar-refractivity contribution in [3.8, 4) is 0 Å². The van der Waals surface area contributed by atoms with Crippen LogP contribution in [0.15, 0.2) is 30.3 Å². The SMILES string of the molecule is CCOC(=O)C1C[C@@H]2CCO[C@H](C1)N2Cc1ccccc1. The largest absolute Gasteiger partial charge is 0.466 e. The number of carbonyl (C=O) groups excluding carboxylic acids is 1. The molecule has 4 nitrogen and oxygen atoms in total. The van der Waals surface area contributed by atoms with Crippen molar-refractivity contribution in [2.75, 3.05) is 13.2 Å². The molecular formula is C17H23NO3. The first kappa shape index (κ1) is 14.5. The van der Waals surface area contributed by atoms with Gasteiger partial charge in [0.05, 0.1) is 19.1 Å². The highest BCUT2D eigenvalue weighted by Crippen LogP contribution is 2.35. The summed E-state index contributed by atoms with van der Waals surface area (Å²) < 4.78 is 11.1. The third-order valence-electron chi connectivity index (χ3n) is 4.47. The molecule has 0 aliphatic carbocycles. The van der Waals surface area contributed by atoms with Crippen LogP contribution in [0.4, 0.5) is 0 Å². The van der Waals surface area contributed by atoms with E-state index >= 15 is 0 Å². The number of piperidine rings is 1. The van der Waals surface area contributed by atoms with Gasteiger partial charge in [-0.2, -0.15) is 0 Å². The third-order valence-corrected chi connectivity index (χ3v) is 4.47. The minimum absolute atomic E-state index is 0.00715. The van der Waals surface area contributed by atoms with Crippen molar-refractivity contribution in [1.29, 1.82) is 0 Å². The van der Waals surface area contributed by atoms with E-state index in [1.54, 1.807) is 0 Å². The van der Waals surface area contributed by atoms with Gasteiger partial charge in [0.1, 0.15) is 6.23 Å². The summed E-state index contributed by atoms with van der Waals surface area (Å²) >= 11 is 0. The molecule has 2 aliphatic heterocycles. The lowest BCUT2D eigenvalue weighted by Gasteiger charge is -2.47. The van der Waals surface area contributed by atoms with E-state index in [0.29, 0.717) is 12.6 Å². The zero-order valence-corrected chi connectivity index (χ0v) is 12.5. The number of carbonyl (C=O) groups is 1. The molecule has 2 fully saturated rings. The number of hydrogen-bond acceptors (Lipinski definition) is 4. The van der Waals surface area contributed by atoms with Crippen molar-refractivity contribution < 1.29 is 14.3 Å². The van der Waals surface area contributed by atoms with Crippen molar-refractivity contribution in [1.82, 2.24) is 4.90 Å². The van der Waals surface area contributed by atoms with Crippen molar-refractivity contribution in [3.63, 3.8) is 0 Å². The second-order valence-corrected chi connectivity index (χ2v) is 5.85. The Morgan fingerprint density at radius 1 is 1.33 bits per heavy atom. The summed E-state index contributed by atoms with van der Waals surface area (Å²) in [4.78, 5) is 14.4. The van der Waals surface area contributed by atoms with Gasteiger partial charge in [-0.05, 0) is 25.3 Å². The summed E-state index contributed by atoms with van der Waals surface area (Å²) in [6, 6.07) is 10.9. The molecular weight excluding hydrogens is 266 g/mol. The Hall–Kier alpha value is -1.39. The van der Waals surface area contributed by atoms with Gasteiger partial charge in [0.15, 0.2) is 0 Å². The monoisotopic (exact) mass is 289 g/mol. The number of esters is 1. The summed E-state index contributed by atoms with van der Waals surface area (Å²) in [6.07, 6.45) is 2.69. The number of hydrogen-bond donors (Lipinski definition) is 0. The lowest BCUT2D eigenvalue weighted by molar-refractivity contribution is -0.179. The number of nitrogens with zero attached hydrogens (tertiary/aromatic N) is 1. The van der Waals surface area contributed by atoms with E-state index in [1.807, 2.05) is 13.0 Å².